The van der Waals surface area contributed by atoms with Crippen LogP contribution >= 0.6 is 0 Å². The third kappa shape index (κ3) is 5.85. The van der Waals surface area contributed by atoms with Crippen molar-refractivity contribution in [3.63, 3.8) is 0 Å². The number of rotatable bonds is 9. The summed E-state index contributed by atoms with van der Waals surface area (Å²) in [6, 6.07) is 3.75. The minimum atomic E-state index is -0.601. The first-order valence-electron chi connectivity index (χ1n) is 9.27. The van der Waals surface area contributed by atoms with Gasteiger partial charge in [-0.1, -0.05) is 19.9 Å². The molecule has 2 atom stereocenters. The number of hydrogen-bond acceptors (Lipinski definition) is 4. The van der Waals surface area contributed by atoms with E-state index in [4.69, 9.17) is 4.42 Å². The van der Waals surface area contributed by atoms with Crippen LogP contribution in [0.25, 0.3) is 0 Å². The molecule has 1 heterocycles. The van der Waals surface area contributed by atoms with Crippen LogP contribution in [0.2, 0.25) is 0 Å². The SMILES string of the molecule is CCC(C)NC(=O)c1coc(CN(Cc2ccc(F)cc2F)C(C)CC)n1. The zero-order valence-electron chi connectivity index (χ0n) is 16.3. The van der Waals surface area contributed by atoms with Gasteiger partial charge in [0.15, 0.2) is 5.69 Å². The molecule has 27 heavy (non-hydrogen) atoms. The number of halogens is 2. The zero-order valence-corrected chi connectivity index (χ0v) is 16.3. The van der Waals surface area contributed by atoms with Gasteiger partial charge in [0.25, 0.3) is 5.91 Å². The normalized spacial score (nSPS) is 13.6. The predicted octanol–water partition coefficient (Wildman–Crippen LogP) is 4.28. The van der Waals surface area contributed by atoms with Gasteiger partial charge in [0, 0.05) is 30.3 Å². The largest absolute Gasteiger partial charge is 0.447 e. The van der Waals surface area contributed by atoms with Crippen molar-refractivity contribution in [2.24, 2.45) is 0 Å². The van der Waals surface area contributed by atoms with Crippen molar-refractivity contribution in [2.45, 2.75) is 65.7 Å². The number of nitrogens with zero attached hydrogens (tertiary/aromatic N) is 2. The number of hydrogen-bond donors (Lipinski definition) is 1. The average Bonchev–Trinajstić information content (AvgIpc) is 3.11. The van der Waals surface area contributed by atoms with Crippen molar-refractivity contribution in [3.05, 3.63) is 53.2 Å². The lowest BCUT2D eigenvalue weighted by molar-refractivity contribution is 0.0934. The molecular formula is C20H27F2N3O2. The third-order valence-corrected chi connectivity index (χ3v) is 4.72. The smallest absolute Gasteiger partial charge is 0.273 e. The van der Waals surface area contributed by atoms with Gasteiger partial charge in [-0.3, -0.25) is 9.69 Å². The van der Waals surface area contributed by atoms with E-state index in [9.17, 15) is 13.6 Å². The number of nitrogens with one attached hydrogen (secondary N) is 1. The molecule has 1 N–H and O–H groups in total. The molecule has 0 radical (unpaired) electrons. The van der Waals surface area contributed by atoms with E-state index in [0.29, 0.717) is 18.0 Å². The number of aromatic nitrogens is 1. The van der Waals surface area contributed by atoms with Gasteiger partial charge >= 0.3 is 0 Å². The van der Waals surface area contributed by atoms with Gasteiger partial charge in [-0.15, -0.1) is 0 Å². The van der Waals surface area contributed by atoms with Gasteiger partial charge in [-0.05, 0) is 32.8 Å². The molecule has 148 valence electrons. The summed E-state index contributed by atoms with van der Waals surface area (Å²) in [6.45, 7) is 8.55. The van der Waals surface area contributed by atoms with Crippen molar-refractivity contribution in [3.8, 4) is 0 Å². The van der Waals surface area contributed by atoms with Crippen LogP contribution in [0.4, 0.5) is 8.78 Å². The molecule has 0 saturated carbocycles. The fourth-order valence-corrected chi connectivity index (χ4v) is 2.56. The summed E-state index contributed by atoms with van der Waals surface area (Å²) in [6.07, 6.45) is 2.99. The quantitative estimate of drug-likeness (QED) is 0.706. The maximum atomic E-state index is 14.0. The Bertz CT molecular complexity index is 763. The van der Waals surface area contributed by atoms with Gasteiger partial charge < -0.3 is 9.73 Å². The number of carbonyl (C=O) groups is 1. The summed E-state index contributed by atoms with van der Waals surface area (Å²) in [4.78, 5) is 18.4. The number of oxazole rings is 1. The molecule has 2 rings (SSSR count). The Morgan fingerprint density at radius 1 is 1.22 bits per heavy atom. The molecule has 0 saturated heterocycles. The van der Waals surface area contributed by atoms with Gasteiger partial charge in [0.2, 0.25) is 5.89 Å². The summed E-state index contributed by atoms with van der Waals surface area (Å²) in [5.41, 5.74) is 0.625. The first-order valence-corrected chi connectivity index (χ1v) is 9.27. The molecule has 0 aliphatic carbocycles. The fraction of sp³-hybridized carbons (Fsp3) is 0.500. The summed E-state index contributed by atoms with van der Waals surface area (Å²) in [7, 11) is 0. The maximum Gasteiger partial charge on any atom is 0.273 e. The van der Waals surface area contributed by atoms with E-state index in [1.54, 1.807) is 0 Å². The molecule has 0 fully saturated rings. The number of amides is 1. The number of benzene rings is 1. The van der Waals surface area contributed by atoms with E-state index >= 15 is 0 Å². The highest BCUT2D eigenvalue weighted by Crippen LogP contribution is 2.18. The highest BCUT2D eigenvalue weighted by molar-refractivity contribution is 5.92. The van der Waals surface area contributed by atoms with Crippen LogP contribution < -0.4 is 5.32 Å². The molecule has 2 aromatic rings. The second-order valence-corrected chi connectivity index (χ2v) is 6.81. The third-order valence-electron chi connectivity index (χ3n) is 4.72. The summed E-state index contributed by atoms with van der Waals surface area (Å²) < 4.78 is 32.6. The molecule has 1 aromatic heterocycles. The molecule has 0 spiro atoms. The lowest BCUT2D eigenvalue weighted by Gasteiger charge is -2.27. The minimum absolute atomic E-state index is 0.0516. The van der Waals surface area contributed by atoms with E-state index in [-0.39, 0.29) is 30.2 Å². The van der Waals surface area contributed by atoms with Crippen molar-refractivity contribution in [1.82, 2.24) is 15.2 Å². The Morgan fingerprint density at radius 3 is 2.59 bits per heavy atom. The molecular weight excluding hydrogens is 352 g/mol. The van der Waals surface area contributed by atoms with E-state index < -0.39 is 11.6 Å². The van der Waals surface area contributed by atoms with E-state index in [0.717, 1.165) is 18.9 Å². The zero-order chi connectivity index (χ0) is 20.0. The van der Waals surface area contributed by atoms with E-state index in [1.807, 2.05) is 32.6 Å². The van der Waals surface area contributed by atoms with Gasteiger partial charge in [-0.2, -0.15) is 0 Å². The van der Waals surface area contributed by atoms with Gasteiger partial charge in [0.1, 0.15) is 17.9 Å². The Morgan fingerprint density at radius 2 is 1.96 bits per heavy atom. The first kappa shape index (κ1) is 21.0. The Hall–Kier alpha value is -2.28. The maximum absolute atomic E-state index is 14.0. The lowest BCUT2D eigenvalue weighted by atomic mass is 10.1. The molecule has 0 aliphatic rings. The van der Waals surface area contributed by atoms with Crippen molar-refractivity contribution in [1.29, 1.82) is 0 Å². The predicted molar refractivity (Wildman–Crippen MR) is 99.1 cm³/mol. The average molecular weight is 379 g/mol. The van der Waals surface area contributed by atoms with Crippen LogP contribution in [-0.2, 0) is 13.1 Å². The first-order chi connectivity index (χ1) is 12.8. The molecule has 7 heteroatoms. The Balaban J connectivity index is 2.11. The van der Waals surface area contributed by atoms with Crippen LogP contribution in [0, 0.1) is 11.6 Å². The summed E-state index contributed by atoms with van der Waals surface area (Å²) in [5, 5.41) is 2.84. The fourth-order valence-electron chi connectivity index (χ4n) is 2.56. The monoisotopic (exact) mass is 379 g/mol. The molecule has 1 aromatic carbocycles. The van der Waals surface area contributed by atoms with Gasteiger partial charge in [-0.25, -0.2) is 13.8 Å². The van der Waals surface area contributed by atoms with Gasteiger partial charge in [0.05, 0.1) is 6.54 Å². The lowest BCUT2D eigenvalue weighted by Crippen LogP contribution is -2.33. The van der Waals surface area contributed by atoms with E-state index in [1.165, 1.54) is 18.4 Å². The highest BCUT2D eigenvalue weighted by Gasteiger charge is 2.20. The standard InChI is InChI=1S/C20H27F2N3O2/c1-5-13(3)23-20(26)18-12-27-19(24-18)11-25(14(4)6-2)10-15-7-8-16(21)9-17(15)22/h7-9,12-14H,5-6,10-11H2,1-4H3,(H,23,26). The Kier molecular flexibility index (Phi) is 7.47. The van der Waals surface area contributed by atoms with Crippen LogP contribution in [0.1, 0.15) is 62.5 Å². The van der Waals surface area contributed by atoms with Crippen molar-refractivity contribution >= 4 is 5.91 Å². The van der Waals surface area contributed by atoms with Crippen LogP contribution in [0.3, 0.4) is 0 Å². The molecule has 0 bridgehead atoms. The minimum Gasteiger partial charge on any atom is -0.447 e. The molecule has 1 amide bonds. The van der Waals surface area contributed by atoms with Crippen LogP contribution in [-0.4, -0.2) is 27.9 Å². The molecule has 5 nitrogen and oxygen atoms in total. The molecule has 0 aliphatic heterocycles. The topological polar surface area (TPSA) is 58.4 Å². The van der Waals surface area contributed by atoms with Crippen molar-refractivity contribution in [2.75, 3.05) is 0 Å². The summed E-state index contributed by atoms with van der Waals surface area (Å²) >= 11 is 0. The van der Waals surface area contributed by atoms with Crippen molar-refractivity contribution < 1.29 is 18.0 Å². The van der Waals surface area contributed by atoms with Crippen LogP contribution in [0.15, 0.2) is 28.9 Å². The number of carbonyl (C=O) groups excluding carboxylic acids is 1. The highest BCUT2D eigenvalue weighted by atomic mass is 19.1. The van der Waals surface area contributed by atoms with E-state index in [2.05, 4.69) is 10.3 Å². The second kappa shape index (κ2) is 9.60. The Labute approximate surface area is 158 Å². The summed E-state index contributed by atoms with van der Waals surface area (Å²) in [5.74, 6) is -1.08. The van der Waals surface area contributed by atoms with Crippen LogP contribution in [0.5, 0.6) is 0 Å². The second-order valence-electron chi connectivity index (χ2n) is 6.81. The molecule has 2 unspecified atom stereocenters.